The number of carbonyl (C=O) groups excluding carboxylic acids is 1. The van der Waals surface area contributed by atoms with E-state index in [2.05, 4.69) is 29.2 Å². The highest BCUT2D eigenvalue weighted by Gasteiger charge is 2.47. The molecule has 0 N–H and O–H groups in total. The van der Waals surface area contributed by atoms with Crippen LogP contribution in [0.25, 0.3) is 6.08 Å². The number of ether oxygens (including phenoxy) is 3. The number of rotatable bonds is 7. The van der Waals surface area contributed by atoms with Gasteiger partial charge in [0.1, 0.15) is 6.10 Å². The van der Waals surface area contributed by atoms with Crippen molar-refractivity contribution in [1.82, 2.24) is 9.80 Å². The summed E-state index contributed by atoms with van der Waals surface area (Å²) < 4.78 is 16.3. The van der Waals surface area contributed by atoms with Gasteiger partial charge in [-0.3, -0.25) is 9.80 Å². The fourth-order valence-corrected chi connectivity index (χ4v) is 3.99. The molecule has 2 heterocycles. The van der Waals surface area contributed by atoms with Crippen LogP contribution in [0.4, 0.5) is 4.79 Å². The van der Waals surface area contributed by atoms with Gasteiger partial charge < -0.3 is 14.2 Å². The molecule has 0 bridgehead atoms. The quantitative estimate of drug-likeness (QED) is 0.720. The van der Waals surface area contributed by atoms with Crippen LogP contribution in [0.2, 0.25) is 0 Å². The van der Waals surface area contributed by atoms with E-state index >= 15 is 0 Å². The smallest absolute Gasteiger partial charge is 0.410 e. The number of hydrogen-bond donors (Lipinski definition) is 0. The number of methoxy groups -OCH3 is 2. The second kappa shape index (κ2) is 8.57. The molecule has 2 aromatic rings. The Morgan fingerprint density at radius 3 is 2.62 bits per heavy atom. The van der Waals surface area contributed by atoms with Crippen LogP contribution in [-0.4, -0.2) is 61.9 Å². The Morgan fingerprint density at radius 2 is 1.86 bits per heavy atom. The lowest BCUT2D eigenvalue weighted by atomic mass is 10.1. The molecular weight excluding hydrogens is 368 g/mol. The van der Waals surface area contributed by atoms with Gasteiger partial charge >= 0.3 is 6.09 Å². The Hall–Kier alpha value is -2.99. The van der Waals surface area contributed by atoms with Crippen LogP contribution in [0.3, 0.4) is 0 Å². The predicted molar refractivity (Wildman–Crippen MR) is 111 cm³/mol. The summed E-state index contributed by atoms with van der Waals surface area (Å²) in [5.41, 5.74) is 2.18. The van der Waals surface area contributed by atoms with E-state index in [4.69, 9.17) is 14.2 Å². The van der Waals surface area contributed by atoms with Crippen LogP contribution >= 0.6 is 0 Å². The van der Waals surface area contributed by atoms with E-state index in [9.17, 15) is 4.79 Å². The van der Waals surface area contributed by atoms with Crippen LogP contribution in [-0.2, 0) is 11.3 Å². The molecule has 0 aliphatic carbocycles. The van der Waals surface area contributed by atoms with E-state index in [-0.39, 0.29) is 18.2 Å². The number of nitrogens with zero attached hydrogens (tertiary/aromatic N) is 2. The molecule has 2 atom stereocenters. The number of carbonyl (C=O) groups is 1. The molecule has 2 aromatic carbocycles. The third kappa shape index (κ3) is 4.22. The van der Waals surface area contributed by atoms with E-state index in [1.807, 2.05) is 41.3 Å². The van der Waals surface area contributed by atoms with Crippen LogP contribution < -0.4 is 9.47 Å². The lowest BCUT2D eigenvalue weighted by Crippen LogP contribution is -2.37. The Bertz CT molecular complexity index is 884. The maximum absolute atomic E-state index is 12.4. The SMILES string of the molecule is COc1ccc(CN2C(=O)O[C@@H]3CN(C/C=C/c4ccccc4)C[C@@H]32)cc1OC. The monoisotopic (exact) mass is 394 g/mol. The zero-order chi connectivity index (χ0) is 20.2. The molecule has 152 valence electrons. The minimum atomic E-state index is -0.241. The van der Waals surface area contributed by atoms with E-state index in [0.717, 1.165) is 25.2 Å². The zero-order valence-corrected chi connectivity index (χ0v) is 16.8. The number of fused-ring (bicyclic) bond motifs is 1. The predicted octanol–water partition coefficient (Wildman–Crippen LogP) is 3.42. The second-order valence-electron chi connectivity index (χ2n) is 7.34. The molecule has 29 heavy (non-hydrogen) atoms. The zero-order valence-electron chi connectivity index (χ0n) is 16.8. The van der Waals surface area contributed by atoms with Crippen molar-refractivity contribution in [1.29, 1.82) is 0 Å². The molecule has 4 rings (SSSR count). The molecule has 2 aliphatic heterocycles. The highest BCUT2D eigenvalue weighted by atomic mass is 16.6. The van der Waals surface area contributed by atoms with Gasteiger partial charge in [-0.2, -0.15) is 0 Å². The summed E-state index contributed by atoms with van der Waals surface area (Å²) >= 11 is 0. The van der Waals surface area contributed by atoms with Crippen molar-refractivity contribution in [2.45, 2.75) is 18.7 Å². The molecule has 2 aliphatic rings. The first-order valence-electron chi connectivity index (χ1n) is 9.80. The molecule has 2 fully saturated rings. The number of benzene rings is 2. The third-order valence-electron chi connectivity index (χ3n) is 5.47. The molecule has 0 radical (unpaired) electrons. The summed E-state index contributed by atoms with van der Waals surface area (Å²) in [5.74, 6) is 1.34. The summed E-state index contributed by atoms with van der Waals surface area (Å²) in [6.07, 6.45) is 3.97. The van der Waals surface area contributed by atoms with Gasteiger partial charge in [-0.25, -0.2) is 4.79 Å². The first kappa shape index (κ1) is 19.3. The van der Waals surface area contributed by atoms with Gasteiger partial charge in [0.2, 0.25) is 0 Å². The summed E-state index contributed by atoms with van der Waals surface area (Å²) in [7, 11) is 3.22. The summed E-state index contributed by atoms with van der Waals surface area (Å²) in [6, 6.07) is 16.1. The van der Waals surface area contributed by atoms with Crippen molar-refractivity contribution in [3.8, 4) is 11.5 Å². The van der Waals surface area contributed by atoms with Crippen LogP contribution in [0.1, 0.15) is 11.1 Å². The van der Waals surface area contributed by atoms with Gasteiger partial charge in [-0.15, -0.1) is 0 Å². The van der Waals surface area contributed by atoms with Crippen molar-refractivity contribution < 1.29 is 19.0 Å². The molecule has 6 heteroatoms. The summed E-state index contributed by atoms with van der Waals surface area (Å²) in [4.78, 5) is 16.5. The van der Waals surface area contributed by atoms with Crippen molar-refractivity contribution in [3.63, 3.8) is 0 Å². The molecule has 0 aromatic heterocycles. The largest absolute Gasteiger partial charge is 0.493 e. The summed E-state index contributed by atoms with van der Waals surface area (Å²) in [6.45, 7) is 2.90. The summed E-state index contributed by atoms with van der Waals surface area (Å²) in [5, 5.41) is 0. The van der Waals surface area contributed by atoms with E-state index in [0.29, 0.717) is 18.0 Å². The van der Waals surface area contributed by atoms with Gasteiger partial charge in [0.15, 0.2) is 11.5 Å². The van der Waals surface area contributed by atoms with Gasteiger partial charge in [0, 0.05) is 26.2 Å². The van der Waals surface area contributed by atoms with Crippen LogP contribution in [0, 0.1) is 0 Å². The van der Waals surface area contributed by atoms with Gasteiger partial charge in [-0.05, 0) is 23.3 Å². The lowest BCUT2D eigenvalue weighted by molar-refractivity contribution is 0.122. The van der Waals surface area contributed by atoms with E-state index in [1.54, 1.807) is 14.2 Å². The van der Waals surface area contributed by atoms with Crippen molar-refractivity contribution in [2.24, 2.45) is 0 Å². The first-order chi connectivity index (χ1) is 14.2. The van der Waals surface area contributed by atoms with Crippen LogP contribution in [0.5, 0.6) is 11.5 Å². The second-order valence-corrected chi connectivity index (χ2v) is 7.34. The first-order valence-corrected chi connectivity index (χ1v) is 9.80. The van der Waals surface area contributed by atoms with E-state index < -0.39 is 0 Å². The van der Waals surface area contributed by atoms with Gasteiger partial charge in [0.25, 0.3) is 0 Å². The molecule has 0 saturated carbocycles. The van der Waals surface area contributed by atoms with E-state index in [1.165, 1.54) is 5.56 Å². The molecule has 6 nitrogen and oxygen atoms in total. The average Bonchev–Trinajstić information content (AvgIpc) is 3.26. The standard InChI is InChI=1S/C23H26N2O4/c1-27-20-11-10-18(13-21(20)28-2)14-25-19-15-24(16-22(19)29-23(25)26)12-6-9-17-7-4-3-5-8-17/h3-11,13,19,22H,12,14-16H2,1-2H3/b9-6+/t19-,22+/m0/s1. The molecule has 0 spiro atoms. The van der Waals surface area contributed by atoms with Gasteiger partial charge in [0.05, 0.1) is 20.3 Å². The highest BCUT2D eigenvalue weighted by Crippen LogP contribution is 2.31. The fourth-order valence-electron chi connectivity index (χ4n) is 3.99. The fraction of sp³-hybridized carbons (Fsp3) is 0.348. The average molecular weight is 394 g/mol. The minimum absolute atomic E-state index is 0.0701. The minimum Gasteiger partial charge on any atom is -0.493 e. The van der Waals surface area contributed by atoms with Gasteiger partial charge in [-0.1, -0.05) is 48.6 Å². The molecule has 2 saturated heterocycles. The number of amides is 1. The number of likely N-dealkylation sites (tertiary alicyclic amines) is 1. The lowest BCUT2D eigenvalue weighted by Gasteiger charge is -2.22. The topological polar surface area (TPSA) is 51.2 Å². The maximum atomic E-state index is 12.4. The molecular formula is C23H26N2O4. The normalized spacial score (nSPS) is 21.4. The van der Waals surface area contributed by atoms with Crippen molar-refractivity contribution in [2.75, 3.05) is 33.9 Å². The maximum Gasteiger partial charge on any atom is 0.410 e. The Labute approximate surface area is 171 Å². The van der Waals surface area contributed by atoms with Crippen molar-refractivity contribution in [3.05, 3.63) is 65.7 Å². The molecule has 1 amide bonds. The number of hydrogen-bond acceptors (Lipinski definition) is 5. The Balaban J connectivity index is 1.39. The highest BCUT2D eigenvalue weighted by molar-refractivity contribution is 5.71. The third-order valence-corrected chi connectivity index (χ3v) is 5.47. The molecule has 0 unspecified atom stereocenters. The van der Waals surface area contributed by atoms with Crippen LogP contribution in [0.15, 0.2) is 54.6 Å². The Morgan fingerprint density at radius 1 is 1.07 bits per heavy atom. The Kier molecular flexibility index (Phi) is 5.71. The van der Waals surface area contributed by atoms with Crippen molar-refractivity contribution >= 4 is 12.2 Å².